The van der Waals surface area contributed by atoms with Gasteiger partial charge in [-0.15, -0.1) is 0 Å². The van der Waals surface area contributed by atoms with Crippen LogP contribution in [-0.4, -0.2) is 19.3 Å². The molecule has 1 saturated heterocycles. The van der Waals surface area contributed by atoms with E-state index in [1.54, 1.807) is 0 Å². The highest BCUT2D eigenvalue weighted by Gasteiger charge is 2.23. The predicted molar refractivity (Wildman–Crippen MR) is 129 cm³/mol. The fourth-order valence-electron chi connectivity index (χ4n) is 5.28. The van der Waals surface area contributed by atoms with Crippen molar-refractivity contribution in [3.63, 3.8) is 0 Å². The summed E-state index contributed by atoms with van der Waals surface area (Å²) >= 11 is 0. The average Bonchev–Trinajstić information content (AvgIpc) is 2.85. The van der Waals surface area contributed by atoms with Gasteiger partial charge < -0.3 is 9.47 Å². The minimum absolute atomic E-state index is 0.0660. The molecule has 0 unspecified atom stereocenters. The molecule has 2 aliphatic rings. The summed E-state index contributed by atoms with van der Waals surface area (Å²) in [5.74, 6) is 1.74. The fraction of sp³-hybridized carbons (Fsp3) is 0.586. The molecule has 0 radical (unpaired) electrons. The molecule has 2 atom stereocenters. The Kier molecular flexibility index (Phi) is 8.21. The molecule has 2 aromatic carbocycles. The Morgan fingerprint density at radius 3 is 1.90 bits per heavy atom. The standard InChI is InChI=1S/C29H40O2/c1-3-5-6-7-22-8-10-23(11-9-22)24-12-14-25(15-13-24)26-16-18-27(19-17-26)29-21-30-28(4-2)20-31-29/h12-19,22-23,28-29H,3-11,20-21H2,1-2H3/t22-,23-,28-,29-/m1/s1. The van der Waals surface area contributed by atoms with Gasteiger partial charge in [-0.25, -0.2) is 0 Å². The summed E-state index contributed by atoms with van der Waals surface area (Å²) in [5, 5.41) is 0. The van der Waals surface area contributed by atoms with Gasteiger partial charge >= 0.3 is 0 Å². The Morgan fingerprint density at radius 1 is 0.710 bits per heavy atom. The summed E-state index contributed by atoms with van der Waals surface area (Å²) in [6.07, 6.45) is 12.5. The molecule has 2 aromatic rings. The van der Waals surface area contributed by atoms with Crippen LogP contribution < -0.4 is 0 Å². The van der Waals surface area contributed by atoms with Crippen LogP contribution in [0.25, 0.3) is 11.1 Å². The zero-order valence-electron chi connectivity index (χ0n) is 19.5. The highest BCUT2D eigenvalue weighted by atomic mass is 16.6. The molecule has 0 spiro atoms. The summed E-state index contributed by atoms with van der Waals surface area (Å²) in [6.45, 7) is 5.81. The van der Waals surface area contributed by atoms with Gasteiger partial charge in [-0.1, -0.05) is 88.1 Å². The zero-order valence-corrected chi connectivity index (χ0v) is 19.5. The molecular weight excluding hydrogens is 380 g/mol. The summed E-state index contributed by atoms with van der Waals surface area (Å²) in [5.41, 5.74) is 5.32. The van der Waals surface area contributed by atoms with E-state index in [0.29, 0.717) is 13.2 Å². The smallest absolute Gasteiger partial charge is 0.106 e. The third kappa shape index (κ3) is 5.99. The second-order valence-electron chi connectivity index (χ2n) is 9.64. The molecule has 168 valence electrons. The Bertz CT molecular complexity index is 763. The van der Waals surface area contributed by atoms with Crippen molar-refractivity contribution >= 4 is 0 Å². The van der Waals surface area contributed by atoms with Gasteiger partial charge in [0, 0.05) is 0 Å². The lowest BCUT2D eigenvalue weighted by Crippen LogP contribution is -2.30. The van der Waals surface area contributed by atoms with Crippen LogP contribution in [0.2, 0.25) is 0 Å². The molecule has 1 saturated carbocycles. The Labute approximate surface area is 189 Å². The van der Waals surface area contributed by atoms with Crippen LogP contribution in [0.5, 0.6) is 0 Å². The van der Waals surface area contributed by atoms with Crippen LogP contribution in [0.1, 0.15) is 94.8 Å². The lowest BCUT2D eigenvalue weighted by molar-refractivity contribution is -0.135. The molecule has 2 nitrogen and oxygen atoms in total. The first-order valence-electron chi connectivity index (χ1n) is 12.7. The van der Waals surface area contributed by atoms with Gasteiger partial charge in [0.2, 0.25) is 0 Å². The lowest BCUT2D eigenvalue weighted by atomic mass is 9.77. The summed E-state index contributed by atoms with van der Waals surface area (Å²) < 4.78 is 11.9. The number of rotatable bonds is 8. The van der Waals surface area contributed by atoms with E-state index >= 15 is 0 Å². The van der Waals surface area contributed by atoms with Crippen molar-refractivity contribution in [2.45, 2.75) is 89.8 Å². The van der Waals surface area contributed by atoms with E-state index < -0.39 is 0 Å². The third-order valence-electron chi connectivity index (χ3n) is 7.48. The highest BCUT2D eigenvalue weighted by Crippen LogP contribution is 2.38. The van der Waals surface area contributed by atoms with Gasteiger partial charge in [-0.2, -0.15) is 0 Å². The molecule has 0 amide bonds. The molecule has 1 aliphatic carbocycles. The van der Waals surface area contributed by atoms with Crippen molar-refractivity contribution in [2.75, 3.05) is 13.2 Å². The molecule has 1 aliphatic heterocycles. The zero-order chi connectivity index (χ0) is 21.5. The van der Waals surface area contributed by atoms with Crippen LogP contribution in [0.4, 0.5) is 0 Å². The molecule has 4 rings (SSSR count). The number of unbranched alkanes of at least 4 members (excludes halogenated alkanes) is 2. The van der Waals surface area contributed by atoms with Crippen molar-refractivity contribution in [2.24, 2.45) is 5.92 Å². The van der Waals surface area contributed by atoms with Crippen LogP contribution >= 0.6 is 0 Å². The van der Waals surface area contributed by atoms with E-state index in [9.17, 15) is 0 Å². The van der Waals surface area contributed by atoms with Crippen LogP contribution in [0, 0.1) is 5.92 Å². The lowest BCUT2D eigenvalue weighted by Gasteiger charge is -2.29. The summed E-state index contributed by atoms with van der Waals surface area (Å²) in [6, 6.07) is 18.2. The Balaban J connectivity index is 1.30. The minimum atomic E-state index is 0.0660. The second-order valence-corrected chi connectivity index (χ2v) is 9.64. The van der Waals surface area contributed by atoms with Crippen molar-refractivity contribution in [3.05, 3.63) is 59.7 Å². The third-order valence-corrected chi connectivity index (χ3v) is 7.48. The van der Waals surface area contributed by atoms with Gasteiger partial charge in [0.25, 0.3) is 0 Å². The Hall–Kier alpha value is -1.64. The largest absolute Gasteiger partial charge is 0.373 e. The quantitative estimate of drug-likeness (QED) is 0.402. The average molecular weight is 421 g/mol. The predicted octanol–water partition coefficient (Wildman–Crippen LogP) is 8.07. The summed E-state index contributed by atoms with van der Waals surface area (Å²) in [7, 11) is 0. The maximum absolute atomic E-state index is 6.01. The van der Waals surface area contributed by atoms with Crippen LogP contribution in [0.15, 0.2) is 48.5 Å². The topological polar surface area (TPSA) is 18.5 Å². The maximum Gasteiger partial charge on any atom is 0.106 e. The molecule has 1 heterocycles. The SMILES string of the molecule is CCCCC[C@H]1CC[C@H](c2ccc(-c3ccc([C@H]4CO[C@H](CC)CO4)cc3)cc2)CC1. The molecule has 31 heavy (non-hydrogen) atoms. The van der Waals surface area contributed by atoms with E-state index in [0.717, 1.165) is 18.3 Å². The normalized spacial score (nSPS) is 26.6. The first kappa shape index (κ1) is 22.6. The maximum atomic E-state index is 6.01. The highest BCUT2D eigenvalue weighted by molar-refractivity contribution is 5.64. The first-order chi connectivity index (χ1) is 15.3. The van der Waals surface area contributed by atoms with E-state index in [1.165, 1.54) is 73.6 Å². The Morgan fingerprint density at radius 2 is 1.35 bits per heavy atom. The van der Waals surface area contributed by atoms with Crippen molar-refractivity contribution < 1.29 is 9.47 Å². The summed E-state index contributed by atoms with van der Waals surface area (Å²) in [4.78, 5) is 0. The van der Waals surface area contributed by atoms with E-state index in [1.807, 2.05) is 0 Å². The number of benzene rings is 2. The number of hydrogen-bond donors (Lipinski definition) is 0. The van der Waals surface area contributed by atoms with Crippen LogP contribution in [0.3, 0.4) is 0 Å². The fourth-order valence-corrected chi connectivity index (χ4v) is 5.28. The minimum Gasteiger partial charge on any atom is -0.373 e. The molecule has 0 N–H and O–H groups in total. The second kappa shape index (κ2) is 11.3. The van der Waals surface area contributed by atoms with Gasteiger partial charge in [-0.05, 0) is 66.2 Å². The van der Waals surface area contributed by atoms with E-state index in [2.05, 4.69) is 62.4 Å². The first-order valence-corrected chi connectivity index (χ1v) is 12.7. The number of ether oxygens (including phenoxy) is 2. The monoisotopic (exact) mass is 420 g/mol. The van der Waals surface area contributed by atoms with Crippen LogP contribution in [-0.2, 0) is 9.47 Å². The molecule has 0 bridgehead atoms. The van der Waals surface area contributed by atoms with E-state index in [-0.39, 0.29) is 12.2 Å². The van der Waals surface area contributed by atoms with E-state index in [4.69, 9.17) is 9.47 Å². The molecule has 2 heteroatoms. The van der Waals surface area contributed by atoms with Gasteiger partial charge in [0.1, 0.15) is 6.10 Å². The van der Waals surface area contributed by atoms with Gasteiger partial charge in [0.15, 0.2) is 0 Å². The van der Waals surface area contributed by atoms with Crippen molar-refractivity contribution in [1.29, 1.82) is 0 Å². The molecule has 0 aromatic heterocycles. The van der Waals surface area contributed by atoms with Gasteiger partial charge in [0.05, 0.1) is 19.3 Å². The molecule has 2 fully saturated rings. The number of hydrogen-bond acceptors (Lipinski definition) is 2. The molecular formula is C29H40O2. The van der Waals surface area contributed by atoms with Crippen molar-refractivity contribution in [1.82, 2.24) is 0 Å². The van der Waals surface area contributed by atoms with Crippen molar-refractivity contribution in [3.8, 4) is 11.1 Å². The van der Waals surface area contributed by atoms with Gasteiger partial charge in [-0.3, -0.25) is 0 Å².